The van der Waals surface area contributed by atoms with Gasteiger partial charge in [0.2, 0.25) is 0 Å². The minimum Gasteiger partial charge on any atom is -0.349 e. The summed E-state index contributed by atoms with van der Waals surface area (Å²) in [4.78, 5) is 11.9. The molecule has 2 aromatic rings. The third-order valence-corrected chi connectivity index (χ3v) is 3.10. The summed E-state index contributed by atoms with van der Waals surface area (Å²) in [6.07, 6.45) is -2.97. The average molecular weight is 326 g/mol. The standard InChI is InChI=1S/C15H17F3N4O/c1-2-19-7-8-20-14(23)13-6-9-22(21-13)12-5-3-4-11(10-12)15(16,17)18/h3-6,9-10,19H,2,7-8H2,1H3,(H,20,23). The molecule has 8 heteroatoms. The fraction of sp³-hybridized carbons (Fsp3) is 0.333. The topological polar surface area (TPSA) is 58.9 Å². The van der Waals surface area contributed by atoms with Gasteiger partial charge in [-0.25, -0.2) is 4.68 Å². The number of nitrogens with zero attached hydrogens (tertiary/aromatic N) is 2. The molecule has 0 aliphatic rings. The largest absolute Gasteiger partial charge is 0.416 e. The van der Waals surface area contributed by atoms with Crippen LogP contribution in [0.2, 0.25) is 0 Å². The van der Waals surface area contributed by atoms with Gasteiger partial charge in [0.15, 0.2) is 5.69 Å². The SMILES string of the molecule is CCNCCNC(=O)c1ccn(-c2cccc(C(F)(F)F)c2)n1. The van der Waals surface area contributed by atoms with Crippen molar-refractivity contribution in [2.45, 2.75) is 13.1 Å². The van der Waals surface area contributed by atoms with E-state index in [1.165, 1.54) is 29.1 Å². The van der Waals surface area contributed by atoms with Gasteiger partial charge in [0, 0.05) is 19.3 Å². The zero-order chi connectivity index (χ0) is 16.9. The molecule has 124 valence electrons. The molecule has 0 saturated heterocycles. The van der Waals surface area contributed by atoms with Crippen molar-refractivity contribution in [1.29, 1.82) is 0 Å². The predicted molar refractivity (Wildman–Crippen MR) is 79.4 cm³/mol. The van der Waals surface area contributed by atoms with E-state index in [-0.39, 0.29) is 17.3 Å². The lowest BCUT2D eigenvalue weighted by molar-refractivity contribution is -0.137. The van der Waals surface area contributed by atoms with Crippen molar-refractivity contribution in [2.75, 3.05) is 19.6 Å². The molecule has 5 nitrogen and oxygen atoms in total. The number of hydrogen-bond donors (Lipinski definition) is 2. The number of hydrogen-bond acceptors (Lipinski definition) is 3. The Morgan fingerprint density at radius 2 is 2.04 bits per heavy atom. The van der Waals surface area contributed by atoms with Gasteiger partial charge in [-0.1, -0.05) is 13.0 Å². The van der Waals surface area contributed by atoms with E-state index in [1.807, 2.05) is 6.92 Å². The van der Waals surface area contributed by atoms with Crippen molar-refractivity contribution < 1.29 is 18.0 Å². The molecule has 0 fully saturated rings. The molecule has 1 amide bonds. The van der Waals surface area contributed by atoms with E-state index in [9.17, 15) is 18.0 Å². The average Bonchev–Trinajstić information content (AvgIpc) is 3.01. The number of nitrogens with one attached hydrogen (secondary N) is 2. The molecule has 23 heavy (non-hydrogen) atoms. The fourth-order valence-corrected chi connectivity index (χ4v) is 1.95. The number of benzene rings is 1. The van der Waals surface area contributed by atoms with Crippen molar-refractivity contribution in [2.24, 2.45) is 0 Å². The molecule has 0 aliphatic heterocycles. The number of carbonyl (C=O) groups excluding carboxylic acids is 1. The van der Waals surface area contributed by atoms with Crippen LogP contribution in [0.25, 0.3) is 5.69 Å². The second-order valence-electron chi connectivity index (χ2n) is 4.80. The molecule has 0 atom stereocenters. The smallest absolute Gasteiger partial charge is 0.349 e. The Bertz CT molecular complexity index is 667. The summed E-state index contributed by atoms with van der Waals surface area (Å²) in [7, 11) is 0. The van der Waals surface area contributed by atoms with Gasteiger partial charge in [-0.3, -0.25) is 4.79 Å². The molecule has 0 bridgehead atoms. The molecular formula is C15H17F3N4O. The highest BCUT2D eigenvalue weighted by molar-refractivity contribution is 5.92. The van der Waals surface area contributed by atoms with Gasteiger partial charge >= 0.3 is 6.18 Å². The van der Waals surface area contributed by atoms with Crippen LogP contribution in [0.1, 0.15) is 23.0 Å². The van der Waals surface area contributed by atoms with Crippen molar-refractivity contribution in [3.63, 3.8) is 0 Å². The van der Waals surface area contributed by atoms with Crippen LogP contribution in [-0.4, -0.2) is 35.3 Å². The highest BCUT2D eigenvalue weighted by Gasteiger charge is 2.30. The lowest BCUT2D eigenvalue weighted by Gasteiger charge is -2.08. The Balaban J connectivity index is 2.09. The van der Waals surface area contributed by atoms with E-state index in [2.05, 4.69) is 15.7 Å². The van der Waals surface area contributed by atoms with Gasteiger partial charge in [-0.05, 0) is 30.8 Å². The maximum Gasteiger partial charge on any atom is 0.416 e. The molecule has 2 rings (SSSR count). The monoisotopic (exact) mass is 326 g/mol. The summed E-state index contributed by atoms with van der Waals surface area (Å²) in [5, 5.41) is 9.76. The quantitative estimate of drug-likeness (QED) is 0.801. The molecule has 0 saturated carbocycles. The van der Waals surface area contributed by atoms with Crippen molar-refractivity contribution in [3.05, 3.63) is 47.8 Å². The number of rotatable bonds is 6. The van der Waals surface area contributed by atoms with Crippen LogP contribution in [-0.2, 0) is 6.18 Å². The Labute approximate surface area is 131 Å². The number of halogens is 3. The molecule has 1 heterocycles. The van der Waals surface area contributed by atoms with Gasteiger partial charge in [-0.15, -0.1) is 0 Å². The highest BCUT2D eigenvalue weighted by Crippen LogP contribution is 2.30. The summed E-state index contributed by atoms with van der Waals surface area (Å²) in [5.41, 5.74) is -0.368. The van der Waals surface area contributed by atoms with Gasteiger partial charge in [0.05, 0.1) is 11.3 Å². The molecule has 0 spiro atoms. The lowest BCUT2D eigenvalue weighted by Crippen LogP contribution is -2.32. The zero-order valence-electron chi connectivity index (χ0n) is 12.5. The normalized spacial score (nSPS) is 11.5. The molecule has 0 aliphatic carbocycles. The maximum absolute atomic E-state index is 12.7. The Morgan fingerprint density at radius 3 is 2.74 bits per heavy atom. The van der Waals surface area contributed by atoms with Crippen LogP contribution in [0.4, 0.5) is 13.2 Å². The first-order chi connectivity index (χ1) is 10.9. The number of carbonyl (C=O) groups is 1. The van der Waals surface area contributed by atoms with Gasteiger partial charge < -0.3 is 10.6 Å². The van der Waals surface area contributed by atoms with Gasteiger partial charge in [0.1, 0.15) is 0 Å². The Hall–Kier alpha value is -2.35. The van der Waals surface area contributed by atoms with E-state index in [0.29, 0.717) is 13.1 Å². The van der Waals surface area contributed by atoms with Crippen LogP contribution in [0, 0.1) is 0 Å². The number of alkyl halides is 3. The zero-order valence-corrected chi connectivity index (χ0v) is 12.5. The third-order valence-electron chi connectivity index (χ3n) is 3.10. The van der Waals surface area contributed by atoms with Crippen LogP contribution in [0.3, 0.4) is 0 Å². The lowest BCUT2D eigenvalue weighted by atomic mass is 10.2. The first kappa shape index (κ1) is 17.0. The number of amides is 1. The van der Waals surface area contributed by atoms with E-state index in [0.717, 1.165) is 18.7 Å². The van der Waals surface area contributed by atoms with E-state index in [1.54, 1.807) is 0 Å². The summed E-state index contributed by atoms with van der Waals surface area (Å²) < 4.78 is 39.4. The number of aromatic nitrogens is 2. The summed E-state index contributed by atoms with van der Waals surface area (Å²) >= 11 is 0. The Kier molecular flexibility index (Phi) is 5.38. The number of likely N-dealkylation sites (N-methyl/N-ethyl adjacent to an activating group) is 1. The van der Waals surface area contributed by atoms with Crippen molar-refractivity contribution in [3.8, 4) is 5.69 Å². The molecule has 2 N–H and O–H groups in total. The van der Waals surface area contributed by atoms with Crippen LogP contribution in [0.5, 0.6) is 0 Å². The first-order valence-corrected chi connectivity index (χ1v) is 7.14. The summed E-state index contributed by atoms with van der Waals surface area (Å²) in [5.74, 6) is -0.367. The predicted octanol–water partition coefficient (Wildman–Crippen LogP) is 2.23. The molecule has 1 aromatic heterocycles. The van der Waals surface area contributed by atoms with E-state index < -0.39 is 11.7 Å². The van der Waals surface area contributed by atoms with Crippen LogP contribution >= 0.6 is 0 Å². The van der Waals surface area contributed by atoms with Crippen LogP contribution < -0.4 is 10.6 Å². The van der Waals surface area contributed by atoms with Gasteiger partial charge in [-0.2, -0.15) is 18.3 Å². The second kappa shape index (κ2) is 7.28. The minimum atomic E-state index is -4.42. The second-order valence-corrected chi connectivity index (χ2v) is 4.80. The highest BCUT2D eigenvalue weighted by atomic mass is 19.4. The molecule has 0 unspecified atom stereocenters. The first-order valence-electron chi connectivity index (χ1n) is 7.14. The molecule has 0 radical (unpaired) electrons. The summed E-state index contributed by atoms with van der Waals surface area (Å²) in [6, 6.07) is 6.23. The molecular weight excluding hydrogens is 309 g/mol. The third kappa shape index (κ3) is 4.56. The maximum atomic E-state index is 12.7. The van der Waals surface area contributed by atoms with Gasteiger partial charge in [0.25, 0.3) is 5.91 Å². The van der Waals surface area contributed by atoms with E-state index >= 15 is 0 Å². The van der Waals surface area contributed by atoms with E-state index in [4.69, 9.17) is 0 Å². The Morgan fingerprint density at radius 1 is 1.26 bits per heavy atom. The van der Waals surface area contributed by atoms with Crippen molar-refractivity contribution in [1.82, 2.24) is 20.4 Å². The minimum absolute atomic E-state index is 0.152. The summed E-state index contributed by atoms with van der Waals surface area (Å²) in [6.45, 7) is 3.85. The van der Waals surface area contributed by atoms with Crippen molar-refractivity contribution >= 4 is 5.91 Å². The van der Waals surface area contributed by atoms with Crippen LogP contribution in [0.15, 0.2) is 36.5 Å². The fourth-order valence-electron chi connectivity index (χ4n) is 1.95. The molecule has 1 aromatic carbocycles.